The van der Waals surface area contributed by atoms with Crippen molar-refractivity contribution in [1.82, 2.24) is 4.98 Å². The van der Waals surface area contributed by atoms with Crippen molar-refractivity contribution in [2.24, 2.45) is 0 Å². The Morgan fingerprint density at radius 1 is 1.29 bits per heavy atom. The Labute approximate surface area is 113 Å². The highest BCUT2D eigenvalue weighted by Gasteiger charge is 2.07. The number of nitrogens with zero attached hydrogens (tertiary/aromatic N) is 2. The summed E-state index contributed by atoms with van der Waals surface area (Å²) >= 11 is 12.8. The van der Waals surface area contributed by atoms with Crippen molar-refractivity contribution in [1.29, 1.82) is 5.26 Å². The Bertz CT molecular complexity index is 557. The molecule has 2 aromatic rings. The molecule has 0 aliphatic carbocycles. The number of halogens is 2. The van der Waals surface area contributed by atoms with E-state index in [2.05, 4.69) is 10.3 Å². The van der Waals surface area contributed by atoms with Crippen LogP contribution in [-0.2, 0) is 6.54 Å². The molecule has 1 heterocycles. The van der Waals surface area contributed by atoms with Gasteiger partial charge in [0.05, 0.1) is 0 Å². The van der Waals surface area contributed by atoms with Crippen LogP contribution in [0.15, 0.2) is 24.3 Å². The van der Waals surface area contributed by atoms with Gasteiger partial charge in [0.1, 0.15) is 10.9 Å². The normalized spacial score (nSPS) is 9.94. The second kappa shape index (κ2) is 5.37. The summed E-state index contributed by atoms with van der Waals surface area (Å²) in [6, 6.07) is 9.50. The summed E-state index contributed by atoms with van der Waals surface area (Å²) < 4.78 is 0. The van der Waals surface area contributed by atoms with Gasteiger partial charge in [-0.3, -0.25) is 0 Å². The van der Waals surface area contributed by atoms with Crippen LogP contribution in [0, 0.1) is 11.3 Å². The lowest BCUT2D eigenvalue weighted by Crippen LogP contribution is -1.98. The van der Waals surface area contributed by atoms with Crippen LogP contribution in [0.25, 0.3) is 0 Å². The Morgan fingerprint density at radius 2 is 2.00 bits per heavy atom. The Balaban J connectivity index is 2.02. The van der Waals surface area contributed by atoms with Crippen LogP contribution in [0.3, 0.4) is 0 Å². The molecule has 17 heavy (non-hydrogen) atoms. The summed E-state index contributed by atoms with van der Waals surface area (Å²) in [5, 5.41) is 13.4. The van der Waals surface area contributed by atoms with Crippen molar-refractivity contribution in [2.75, 3.05) is 5.32 Å². The van der Waals surface area contributed by atoms with Crippen molar-refractivity contribution in [3.05, 3.63) is 44.9 Å². The molecule has 6 heteroatoms. The Morgan fingerprint density at radius 3 is 2.59 bits per heavy atom. The second-order valence-corrected chi connectivity index (χ2v) is 5.02. The first kappa shape index (κ1) is 12.2. The number of aromatic nitrogens is 1. The monoisotopic (exact) mass is 283 g/mol. The zero-order valence-electron chi connectivity index (χ0n) is 8.58. The van der Waals surface area contributed by atoms with Crippen molar-refractivity contribution in [3.8, 4) is 6.07 Å². The van der Waals surface area contributed by atoms with Gasteiger partial charge in [0, 0.05) is 11.6 Å². The lowest BCUT2D eigenvalue weighted by molar-refractivity contribution is 1.13. The van der Waals surface area contributed by atoms with Crippen LogP contribution in [0.5, 0.6) is 0 Å². The van der Waals surface area contributed by atoms with Gasteiger partial charge in [-0.05, 0) is 17.7 Å². The van der Waals surface area contributed by atoms with E-state index in [9.17, 15) is 0 Å². The molecule has 1 aromatic carbocycles. The standard InChI is InChI=1S/C11H7Cl2N3S/c12-8-3-1-7(2-4-8)6-15-11-16-10(13)9(5-14)17-11/h1-4H,6H2,(H,15,16). The minimum absolute atomic E-state index is 0.246. The molecular formula is C11H7Cl2N3S. The van der Waals surface area contributed by atoms with E-state index in [0.29, 0.717) is 21.6 Å². The van der Waals surface area contributed by atoms with E-state index in [1.165, 1.54) is 11.3 Å². The highest BCUT2D eigenvalue weighted by atomic mass is 35.5. The maximum absolute atomic E-state index is 8.74. The van der Waals surface area contributed by atoms with E-state index in [4.69, 9.17) is 28.5 Å². The minimum atomic E-state index is 0.246. The van der Waals surface area contributed by atoms with Crippen LogP contribution < -0.4 is 5.32 Å². The number of hydrogen-bond acceptors (Lipinski definition) is 4. The first-order chi connectivity index (χ1) is 8.19. The number of nitrogens with one attached hydrogen (secondary N) is 1. The van der Waals surface area contributed by atoms with Crippen LogP contribution in [0.2, 0.25) is 10.2 Å². The average Bonchev–Trinajstić information content (AvgIpc) is 2.69. The molecule has 0 saturated carbocycles. The van der Waals surface area contributed by atoms with Gasteiger partial charge in [-0.25, -0.2) is 4.98 Å². The highest BCUT2D eigenvalue weighted by molar-refractivity contribution is 7.16. The molecule has 0 atom stereocenters. The molecule has 0 saturated heterocycles. The summed E-state index contributed by atoms with van der Waals surface area (Å²) in [6.45, 7) is 0.617. The fraction of sp³-hybridized carbons (Fsp3) is 0.0909. The third-order valence-corrected chi connectivity index (χ3v) is 3.60. The van der Waals surface area contributed by atoms with E-state index < -0.39 is 0 Å². The SMILES string of the molecule is N#Cc1sc(NCc2ccc(Cl)cc2)nc1Cl. The van der Waals surface area contributed by atoms with Gasteiger partial charge in [0.15, 0.2) is 10.3 Å². The summed E-state index contributed by atoms with van der Waals surface area (Å²) in [7, 11) is 0. The molecule has 0 aliphatic rings. The third kappa shape index (κ3) is 3.10. The number of nitriles is 1. The predicted molar refractivity (Wildman–Crippen MR) is 70.6 cm³/mol. The molecule has 0 radical (unpaired) electrons. The third-order valence-electron chi connectivity index (χ3n) is 2.04. The van der Waals surface area contributed by atoms with E-state index in [-0.39, 0.29) is 5.15 Å². The summed E-state index contributed by atoms with van der Waals surface area (Å²) in [5.74, 6) is 0. The number of hydrogen-bond donors (Lipinski definition) is 1. The van der Waals surface area contributed by atoms with Gasteiger partial charge in [-0.2, -0.15) is 5.26 Å². The molecule has 0 unspecified atom stereocenters. The molecule has 0 bridgehead atoms. The fourth-order valence-corrected chi connectivity index (χ4v) is 2.29. The van der Waals surface area contributed by atoms with Gasteiger partial charge < -0.3 is 5.32 Å². The predicted octanol–water partition coefficient (Wildman–Crippen LogP) is 3.93. The first-order valence-electron chi connectivity index (χ1n) is 4.74. The quantitative estimate of drug-likeness (QED) is 0.928. The van der Waals surface area contributed by atoms with E-state index in [0.717, 1.165) is 5.56 Å². The lowest BCUT2D eigenvalue weighted by atomic mass is 10.2. The molecule has 86 valence electrons. The maximum atomic E-state index is 8.74. The van der Waals surface area contributed by atoms with Gasteiger partial charge in [0.25, 0.3) is 0 Å². The molecule has 3 nitrogen and oxygen atoms in total. The van der Waals surface area contributed by atoms with Gasteiger partial charge in [-0.15, -0.1) is 0 Å². The van der Waals surface area contributed by atoms with E-state index in [1.54, 1.807) is 0 Å². The number of benzene rings is 1. The summed E-state index contributed by atoms with van der Waals surface area (Å²) in [5.41, 5.74) is 1.08. The van der Waals surface area contributed by atoms with Gasteiger partial charge in [0.2, 0.25) is 0 Å². The van der Waals surface area contributed by atoms with Gasteiger partial charge in [-0.1, -0.05) is 46.7 Å². The fourth-order valence-electron chi connectivity index (χ4n) is 1.23. The van der Waals surface area contributed by atoms with E-state index >= 15 is 0 Å². The smallest absolute Gasteiger partial charge is 0.185 e. The largest absolute Gasteiger partial charge is 0.357 e. The lowest BCUT2D eigenvalue weighted by Gasteiger charge is -2.02. The van der Waals surface area contributed by atoms with Gasteiger partial charge >= 0.3 is 0 Å². The first-order valence-corrected chi connectivity index (χ1v) is 6.31. The van der Waals surface area contributed by atoms with Crippen LogP contribution >= 0.6 is 34.5 Å². The summed E-state index contributed by atoms with van der Waals surface area (Å²) in [6.07, 6.45) is 0. The topological polar surface area (TPSA) is 48.7 Å². The summed E-state index contributed by atoms with van der Waals surface area (Å²) in [4.78, 5) is 4.46. The van der Waals surface area contributed by atoms with Crippen LogP contribution in [-0.4, -0.2) is 4.98 Å². The second-order valence-electron chi connectivity index (χ2n) is 3.23. The molecule has 1 N–H and O–H groups in total. The maximum Gasteiger partial charge on any atom is 0.185 e. The van der Waals surface area contributed by atoms with Crippen molar-refractivity contribution < 1.29 is 0 Å². The highest BCUT2D eigenvalue weighted by Crippen LogP contribution is 2.26. The molecule has 0 spiro atoms. The average molecular weight is 284 g/mol. The zero-order valence-corrected chi connectivity index (χ0v) is 10.9. The molecule has 1 aromatic heterocycles. The zero-order chi connectivity index (χ0) is 12.3. The minimum Gasteiger partial charge on any atom is -0.357 e. The molecule has 2 rings (SSSR count). The van der Waals surface area contributed by atoms with Crippen molar-refractivity contribution >= 4 is 39.7 Å². The molecular weight excluding hydrogens is 277 g/mol. The number of anilines is 1. The van der Waals surface area contributed by atoms with Crippen LogP contribution in [0.1, 0.15) is 10.4 Å². The van der Waals surface area contributed by atoms with Crippen LogP contribution in [0.4, 0.5) is 5.13 Å². The molecule has 0 aliphatic heterocycles. The Hall–Kier alpha value is -1.28. The van der Waals surface area contributed by atoms with Crippen molar-refractivity contribution in [3.63, 3.8) is 0 Å². The molecule has 0 amide bonds. The number of rotatable bonds is 3. The molecule has 0 fully saturated rings. The van der Waals surface area contributed by atoms with Crippen molar-refractivity contribution in [2.45, 2.75) is 6.54 Å². The van der Waals surface area contributed by atoms with E-state index in [1.807, 2.05) is 30.3 Å². The number of thiazole rings is 1. The Kier molecular flexibility index (Phi) is 3.85.